The Bertz CT molecular complexity index is 708. The maximum Gasteiger partial charge on any atom is 0.110 e. The molecule has 0 bridgehead atoms. The van der Waals surface area contributed by atoms with Gasteiger partial charge in [0.25, 0.3) is 0 Å². The highest BCUT2D eigenvalue weighted by Gasteiger charge is 2.06. The van der Waals surface area contributed by atoms with Gasteiger partial charge in [0.1, 0.15) is 5.82 Å². The number of rotatable bonds is 5. The maximum absolute atomic E-state index is 4.38. The highest BCUT2D eigenvalue weighted by molar-refractivity contribution is 5.83. The van der Waals surface area contributed by atoms with Crippen LogP contribution in [0.4, 0.5) is 0 Å². The predicted octanol–water partition coefficient (Wildman–Crippen LogP) is 2.34. The summed E-state index contributed by atoms with van der Waals surface area (Å²) in [5, 5.41) is 4.56. The van der Waals surface area contributed by atoms with Crippen molar-refractivity contribution in [2.75, 3.05) is 7.05 Å². The number of benzene rings is 1. The molecule has 0 spiro atoms. The van der Waals surface area contributed by atoms with Crippen molar-refractivity contribution >= 4 is 10.9 Å². The molecule has 0 radical (unpaired) electrons. The quantitative estimate of drug-likeness (QED) is 0.771. The number of fused-ring (bicyclic) bond motifs is 1. The SMILES string of the molecule is CNCc1cccc2c1ccn2CCc1nccn1C. The molecule has 0 saturated carbocycles. The Hall–Kier alpha value is -2.07. The predicted molar refractivity (Wildman–Crippen MR) is 81.6 cm³/mol. The van der Waals surface area contributed by atoms with Gasteiger partial charge in [0.15, 0.2) is 0 Å². The Labute approximate surface area is 119 Å². The van der Waals surface area contributed by atoms with Crippen molar-refractivity contribution in [2.24, 2.45) is 7.05 Å². The van der Waals surface area contributed by atoms with Crippen LogP contribution in [0, 0.1) is 0 Å². The van der Waals surface area contributed by atoms with Gasteiger partial charge in [-0.25, -0.2) is 4.98 Å². The lowest BCUT2D eigenvalue weighted by Crippen LogP contribution is -2.06. The Morgan fingerprint density at radius 1 is 1.20 bits per heavy atom. The molecule has 3 rings (SSSR count). The summed E-state index contributed by atoms with van der Waals surface area (Å²) in [6.45, 7) is 1.86. The number of nitrogens with zero attached hydrogens (tertiary/aromatic N) is 3. The van der Waals surface area contributed by atoms with Crippen LogP contribution in [0.1, 0.15) is 11.4 Å². The maximum atomic E-state index is 4.38. The summed E-state index contributed by atoms with van der Waals surface area (Å²) in [6, 6.07) is 8.71. The third-order valence-corrected chi connectivity index (χ3v) is 3.77. The van der Waals surface area contributed by atoms with Crippen LogP contribution in [0.3, 0.4) is 0 Å². The number of aromatic nitrogens is 3. The van der Waals surface area contributed by atoms with E-state index in [4.69, 9.17) is 0 Å². The van der Waals surface area contributed by atoms with Gasteiger partial charge in [0.2, 0.25) is 0 Å². The van der Waals surface area contributed by atoms with Gasteiger partial charge in [-0.15, -0.1) is 0 Å². The first-order valence-corrected chi connectivity index (χ1v) is 6.97. The number of aryl methyl sites for hydroxylation is 3. The van der Waals surface area contributed by atoms with Gasteiger partial charge in [-0.1, -0.05) is 12.1 Å². The van der Waals surface area contributed by atoms with Gasteiger partial charge >= 0.3 is 0 Å². The van der Waals surface area contributed by atoms with Crippen molar-refractivity contribution < 1.29 is 0 Å². The lowest BCUT2D eigenvalue weighted by molar-refractivity contribution is 0.668. The molecule has 2 aromatic heterocycles. The zero-order valence-electron chi connectivity index (χ0n) is 12.0. The van der Waals surface area contributed by atoms with Crippen LogP contribution < -0.4 is 5.32 Å². The first kappa shape index (κ1) is 12.9. The standard InChI is InChI=1S/C16H20N4/c1-17-12-13-4-3-5-15-14(13)6-9-20(15)10-7-16-18-8-11-19(16)2/h3-6,8-9,11,17H,7,10,12H2,1-2H3. The van der Waals surface area contributed by atoms with Crippen LogP contribution >= 0.6 is 0 Å². The summed E-state index contributed by atoms with van der Waals surface area (Å²) in [5.74, 6) is 1.12. The van der Waals surface area contributed by atoms with Gasteiger partial charge in [-0.05, 0) is 24.7 Å². The van der Waals surface area contributed by atoms with E-state index in [1.165, 1.54) is 16.5 Å². The average molecular weight is 268 g/mol. The Morgan fingerprint density at radius 3 is 2.85 bits per heavy atom. The molecule has 2 heterocycles. The minimum absolute atomic E-state index is 0.903. The van der Waals surface area contributed by atoms with Crippen LogP contribution in [-0.2, 0) is 26.6 Å². The second-order valence-corrected chi connectivity index (χ2v) is 5.09. The van der Waals surface area contributed by atoms with E-state index < -0.39 is 0 Å². The largest absolute Gasteiger partial charge is 0.347 e. The summed E-state index contributed by atoms with van der Waals surface area (Å²) >= 11 is 0. The third-order valence-electron chi connectivity index (χ3n) is 3.77. The lowest BCUT2D eigenvalue weighted by Gasteiger charge is -2.07. The highest BCUT2D eigenvalue weighted by Crippen LogP contribution is 2.20. The summed E-state index contributed by atoms with van der Waals surface area (Å²) < 4.78 is 4.39. The van der Waals surface area contributed by atoms with Crippen molar-refractivity contribution in [1.29, 1.82) is 0 Å². The minimum Gasteiger partial charge on any atom is -0.347 e. The van der Waals surface area contributed by atoms with E-state index in [1.807, 2.05) is 26.5 Å². The minimum atomic E-state index is 0.903. The molecule has 0 atom stereocenters. The zero-order valence-corrected chi connectivity index (χ0v) is 12.0. The van der Waals surface area contributed by atoms with Crippen molar-refractivity contribution in [3.63, 3.8) is 0 Å². The molecule has 0 aliphatic rings. The van der Waals surface area contributed by atoms with Gasteiger partial charge in [-0.3, -0.25) is 0 Å². The molecule has 3 aromatic rings. The Morgan fingerprint density at radius 2 is 2.10 bits per heavy atom. The molecular weight excluding hydrogens is 248 g/mol. The molecule has 104 valence electrons. The number of imidazole rings is 1. The van der Waals surface area contributed by atoms with E-state index in [9.17, 15) is 0 Å². The van der Waals surface area contributed by atoms with E-state index >= 15 is 0 Å². The summed E-state index contributed by atoms with van der Waals surface area (Å²) in [5.41, 5.74) is 2.65. The topological polar surface area (TPSA) is 34.8 Å². The fourth-order valence-electron chi connectivity index (χ4n) is 2.68. The Kier molecular flexibility index (Phi) is 3.56. The van der Waals surface area contributed by atoms with Crippen molar-refractivity contribution in [3.05, 3.63) is 54.2 Å². The second-order valence-electron chi connectivity index (χ2n) is 5.09. The molecule has 0 aliphatic carbocycles. The molecule has 4 nitrogen and oxygen atoms in total. The van der Waals surface area contributed by atoms with Gasteiger partial charge in [0.05, 0.1) is 0 Å². The van der Waals surface area contributed by atoms with Crippen LogP contribution in [-0.4, -0.2) is 21.2 Å². The average Bonchev–Trinajstić information content (AvgIpc) is 3.04. The number of hydrogen-bond acceptors (Lipinski definition) is 2. The van der Waals surface area contributed by atoms with Gasteiger partial charge in [-0.2, -0.15) is 0 Å². The van der Waals surface area contributed by atoms with Crippen LogP contribution in [0.25, 0.3) is 10.9 Å². The fraction of sp³-hybridized carbons (Fsp3) is 0.312. The normalized spacial score (nSPS) is 11.3. The molecule has 0 amide bonds. The molecule has 4 heteroatoms. The monoisotopic (exact) mass is 268 g/mol. The molecule has 0 saturated heterocycles. The second kappa shape index (κ2) is 5.51. The van der Waals surface area contributed by atoms with Crippen LogP contribution in [0.15, 0.2) is 42.9 Å². The number of hydrogen-bond donors (Lipinski definition) is 1. The van der Waals surface area contributed by atoms with Crippen LogP contribution in [0.2, 0.25) is 0 Å². The first-order chi connectivity index (χ1) is 9.79. The van der Waals surface area contributed by atoms with Gasteiger partial charge in [0, 0.05) is 56.1 Å². The lowest BCUT2D eigenvalue weighted by atomic mass is 10.1. The fourth-order valence-corrected chi connectivity index (χ4v) is 2.68. The summed E-state index contributed by atoms with van der Waals surface area (Å²) in [4.78, 5) is 4.38. The van der Waals surface area contributed by atoms with E-state index in [0.717, 1.165) is 25.3 Å². The Balaban J connectivity index is 1.85. The van der Waals surface area contributed by atoms with Crippen LogP contribution in [0.5, 0.6) is 0 Å². The molecule has 0 fully saturated rings. The summed E-state index contributed by atoms with van der Waals surface area (Å²) in [6.07, 6.45) is 6.97. The summed E-state index contributed by atoms with van der Waals surface area (Å²) in [7, 11) is 4.03. The molecule has 0 aliphatic heterocycles. The number of nitrogens with one attached hydrogen (secondary N) is 1. The highest BCUT2D eigenvalue weighted by atomic mass is 15.0. The third kappa shape index (κ3) is 2.34. The smallest absolute Gasteiger partial charge is 0.110 e. The van der Waals surface area contributed by atoms with E-state index in [1.54, 1.807) is 0 Å². The molecule has 20 heavy (non-hydrogen) atoms. The van der Waals surface area contributed by atoms with E-state index in [-0.39, 0.29) is 0 Å². The first-order valence-electron chi connectivity index (χ1n) is 6.97. The van der Waals surface area contributed by atoms with E-state index in [0.29, 0.717) is 0 Å². The molecule has 1 N–H and O–H groups in total. The zero-order chi connectivity index (χ0) is 13.9. The van der Waals surface area contributed by atoms with E-state index in [2.05, 4.69) is 49.9 Å². The molecule has 0 unspecified atom stereocenters. The van der Waals surface area contributed by atoms with Crippen molar-refractivity contribution in [1.82, 2.24) is 19.4 Å². The van der Waals surface area contributed by atoms with Crippen molar-refractivity contribution in [3.8, 4) is 0 Å². The van der Waals surface area contributed by atoms with Gasteiger partial charge < -0.3 is 14.5 Å². The molecule has 1 aromatic carbocycles. The molecular formula is C16H20N4. The van der Waals surface area contributed by atoms with Crippen molar-refractivity contribution in [2.45, 2.75) is 19.5 Å².